The maximum Gasteiger partial charge on any atom is 0.424 e. The molecular formula is C76H50N6O16S3. The van der Waals surface area contributed by atoms with Crippen molar-refractivity contribution in [3.05, 3.63) is 271 Å². The number of aliphatic imine (C=N–C) groups is 2. The SMILES string of the molecule is CC1=C(C#N)C(=O)N(C(=O)OCc2ccccc2)C(=O)C1=Nc1cc2c(s1)C1=C(c3sc4cc(N=C5C(=O)N(C(=O)OCc6ccccc6)C(=O)C(C#N)=C5C)sc4c3C1(C(=O)OCc1ccccc1)C(=O)OCc1ccccc1)C2(C(=O)OCc1ccccc1)C(=O)OCc1ccccc1. The Hall–Kier alpha value is -12.7. The van der Waals surface area contributed by atoms with Crippen molar-refractivity contribution >= 4 is 136 Å². The Balaban J connectivity index is 1.05. The fraction of sp³-hybridized carbons (Fsp3) is 0.132. The molecule has 6 aromatic carbocycles. The molecule has 3 aromatic heterocycles. The molecule has 0 saturated heterocycles. The molecule has 2 aliphatic heterocycles. The zero-order valence-electron chi connectivity index (χ0n) is 53.2. The van der Waals surface area contributed by atoms with Gasteiger partial charge in [-0.1, -0.05) is 182 Å². The molecule has 25 heteroatoms. The van der Waals surface area contributed by atoms with Gasteiger partial charge < -0.3 is 28.4 Å². The van der Waals surface area contributed by atoms with Crippen LogP contribution in [0, 0.1) is 22.7 Å². The van der Waals surface area contributed by atoms with E-state index in [1.807, 2.05) is 0 Å². The Morgan fingerprint density at radius 2 is 0.723 bits per heavy atom. The van der Waals surface area contributed by atoms with Crippen molar-refractivity contribution in [3.63, 3.8) is 0 Å². The predicted octanol–water partition coefficient (Wildman–Crippen LogP) is 12.6. The number of carbonyl (C=O) groups is 10. The molecule has 0 bridgehead atoms. The molecule has 22 nitrogen and oxygen atoms in total. The maximum atomic E-state index is 16.6. The highest BCUT2D eigenvalue weighted by Crippen LogP contribution is 2.70. The van der Waals surface area contributed by atoms with E-state index in [9.17, 15) is 39.3 Å². The number of nitriles is 2. The largest absolute Gasteiger partial charge is 0.459 e. The lowest BCUT2D eigenvalue weighted by Gasteiger charge is -2.29. The van der Waals surface area contributed by atoms with Gasteiger partial charge >= 0.3 is 36.1 Å². The van der Waals surface area contributed by atoms with Crippen LogP contribution in [0.3, 0.4) is 0 Å². The first kappa shape index (κ1) is 66.9. The van der Waals surface area contributed by atoms with Crippen LogP contribution < -0.4 is 0 Å². The van der Waals surface area contributed by atoms with Crippen molar-refractivity contribution < 1.29 is 76.4 Å². The van der Waals surface area contributed by atoms with E-state index in [4.69, 9.17) is 33.4 Å². The van der Waals surface area contributed by atoms with E-state index in [1.54, 1.807) is 194 Å². The first-order valence-corrected chi connectivity index (χ1v) is 33.3. The smallest absolute Gasteiger partial charge is 0.424 e. The Morgan fingerprint density at radius 3 is 1.07 bits per heavy atom. The normalized spacial score (nSPS) is 15.8. The minimum absolute atomic E-state index is 0.0315. The van der Waals surface area contributed by atoms with Crippen LogP contribution in [0.15, 0.2) is 226 Å². The fourth-order valence-electron chi connectivity index (χ4n) is 12.0. The second-order valence-corrected chi connectivity index (χ2v) is 26.1. The Morgan fingerprint density at radius 1 is 0.406 bits per heavy atom. The monoisotopic (exact) mass is 1400 g/mol. The highest BCUT2D eigenvalue weighted by Gasteiger charge is 2.72. The number of carbonyl (C=O) groups excluding carboxylic acids is 10. The van der Waals surface area contributed by atoms with Gasteiger partial charge in [0.2, 0.25) is 10.8 Å². The second kappa shape index (κ2) is 28.0. The first-order chi connectivity index (χ1) is 49.0. The number of hydrogen-bond acceptors (Lipinski definition) is 23. The van der Waals surface area contributed by atoms with Gasteiger partial charge in [-0.15, -0.1) is 34.0 Å². The molecule has 2 aliphatic carbocycles. The molecule has 0 saturated carbocycles. The topological polar surface area (TPSA) is 305 Å². The standard InChI is InChI=1S/C76H50N6O16S3/c1-43-51(35-77)65(83)81(73(91)97-41-49-29-17-7-18-30-49)67(85)60(43)79-55-33-53-62(100-55)57-58(75(53,69(87)93-37-45-21-9-3-10-22-45)70(88)94-38-46-23-11-4-12-24-46)64-59(76(57,71(89)95-39-47-25-13-5-14-26-47)72(90)96-40-48-27-15-6-16-28-48)63-54(99-64)34-56(101-63)80-61-44(2)52(36-78)66(84)82(68(61)86)74(92)98-42-50-31-19-8-20-32-50/h3-34H,37-42H2,1-2H3. The van der Waals surface area contributed by atoms with Crippen LogP contribution in [0.4, 0.5) is 19.6 Å². The molecule has 13 rings (SSSR count). The number of fused-ring (bicyclic) bond motifs is 6. The highest BCUT2D eigenvalue weighted by molar-refractivity contribution is 7.31. The number of imide groups is 6. The van der Waals surface area contributed by atoms with E-state index in [-0.39, 0.29) is 85.6 Å². The minimum atomic E-state index is -2.92. The molecule has 498 valence electrons. The third-order valence-electron chi connectivity index (χ3n) is 16.9. The van der Waals surface area contributed by atoms with Gasteiger partial charge in [-0.05, 0) is 59.4 Å². The summed E-state index contributed by atoms with van der Waals surface area (Å²) in [4.78, 5) is 160. The number of ether oxygens (including phenoxy) is 6. The molecule has 101 heavy (non-hydrogen) atoms. The lowest BCUT2D eigenvalue weighted by atomic mass is 9.76. The summed E-state index contributed by atoms with van der Waals surface area (Å²) < 4.78 is 36.5. The fourth-order valence-corrected chi connectivity index (χ4v) is 15.9. The molecule has 0 N–H and O–H groups in total. The first-order valence-electron chi connectivity index (χ1n) is 30.9. The van der Waals surface area contributed by atoms with Gasteiger partial charge in [0, 0.05) is 47.9 Å². The predicted molar refractivity (Wildman–Crippen MR) is 367 cm³/mol. The molecule has 9 aromatic rings. The molecule has 0 unspecified atom stereocenters. The van der Waals surface area contributed by atoms with Crippen LogP contribution in [0.5, 0.6) is 0 Å². The molecule has 4 aliphatic rings. The zero-order valence-corrected chi connectivity index (χ0v) is 55.6. The van der Waals surface area contributed by atoms with E-state index in [2.05, 4.69) is 4.99 Å². The molecular weight excluding hydrogens is 1350 g/mol. The average molecular weight is 1400 g/mol. The lowest BCUT2D eigenvalue weighted by Crippen LogP contribution is -2.50. The van der Waals surface area contributed by atoms with Crippen molar-refractivity contribution in [2.75, 3.05) is 0 Å². The highest BCUT2D eigenvalue weighted by atomic mass is 32.1. The summed E-state index contributed by atoms with van der Waals surface area (Å²) in [5.74, 6) is -10.3. The van der Waals surface area contributed by atoms with Crippen LogP contribution in [0.2, 0.25) is 0 Å². The quantitative estimate of drug-likeness (QED) is 0.0333. The average Bonchev–Trinajstić information content (AvgIpc) is 1.48. The van der Waals surface area contributed by atoms with E-state index in [0.29, 0.717) is 44.7 Å². The van der Waals surface area contributed by atoms with E-state index in [1.165, 1.54) is 26.0 Å². The summed E-state index contributed by atoms with van der Waals surface area (Å²) in [5, 5.41) is 20.6. The van der Waals surface area contributed by atoms with Crippen LogP contribution in [0.25, 0.3) is 20.5 Å². The summed E-state index contributed by atoms with van der Waals surface area (Å²) in [6.45, 7) is -0.0574. The number of esters is 4. The third kappa shape index (κ3) is 12.1. The number of rotatable bonds is 18. The van der Waals surface area contributed by atoms with Gasteiger partial charge in [0.25, 0.3) is 23.6 Å². The molecule has 5 heterocycles. The summed E-state index contributed by atoms with van der Waals surface area (Å²) in [5.41, 5.74) is -6.95. The molecule has 0 fully saturated rings. The van der Waals surface area contributed by atoms with Crippen LogP contribution in [-0.4, -0.2) is 80.9 Å². The van der Waals surface area contributed by atoms with Crippen molar-refractivity contribution in [2.24, 2.45) is 9.98 Å². The molecule has 0 atom stereocenters. The zero-order chi connectivity index (χ0) is 70.7. The van der Waals surface area contributed by atoms with Crippen molar-refractivity contribution in [1.29, 1.82) is 10.5 Å². The summed E-state index contributed by atoms with van der Waals surface area (Å²) in [6, 6.07) is 56.9. The second-order valence-electron chi connectivity index (χ2n) is 23.0. The number of nitrogens with zero attached hydrogens (tertiary/aromatic N) is 6. The Labute approximate surface area is 586 Å². The Kier molecular flexibility index (Phi) is 18.6. The van der Waals surface area contributed by atoms with Crippen LogP contribution in [0.1, 0.15) is 68.1 Å². The van der Waals surface area contributed by atoms with Gasteiger partial charge in [-0.2, -0.15) is 20.3 Å². The van der Waals surface area contributed by atoms with E-state index >= 15 is 19.2 Å². The molecule has 6 amide bonds. The number of hydrogen-bond donors (Lipinski definition) is 0. The molecule has 0 radical (unpaired) electrons. The van der Waals surface area contributed by atoms with Gasteiger partial charge in [0.15, 0.2) is 0 Å². The minimum Gasteiger partial charge on any atom is -0.459 e. The van der Waals surface area contributed by atoms with Crippen LogP contribution >= 0.6 is 34.0 Å². The summed E-state index contributed by atoms with van der Waals surface area (Å²) in [6.07, 6.45) is -2.84. The van der Waals surface area contributed by atoms with E-state index < -0.39 is 120 Å². The number of amides is 6. The third-order valence-corrected chi connectivity index (χ3v) is 20.3. The van der Waals surface area contributed by atoms with Gasteiger partial charge in [0.1, 0.15) is 84.4 Å². The maximum absolute atomic E-state index is 16.6. The lowest BCUT2D eigenvalue weighted by molar-refractivity contribution is -0.165. The van der Waals surface area contributed by atoms with E-state index in [0.717, 1.165) is 22.7 Å². The molecule has 0 spiro atoms. The summed E-state index contributed by atoms with van der Waals surface area (Å²) in [7, 11) is 0. The Bertz CT molecular complexity index is 5110. The van der Waals surface area contributed by atoms with Gasteiger partial charge in [-0.3, -0.25) is 38.4 Å². The van der Waals surface area contributed by atoms with Crippen LogP contribution in [-0.2, 0) is 117 Å². The number of thiophene rings is 3. The van der Waals surface area contributed by atoms with Gasteiger partial charge in [-0.25, -0.2) is 19.6 Å². The van der Waals surface area contributed by atoms with Gasteiger partial charge in [0.05, 0.1) is 4.70 Å². The van der Waals surface area contributed by atoms with Crippen molar-refractivity contribution in [2.45, 2.75) is 64.3 Å². The van der Waals surface area contributed by atoms with Crippen molar-refractivity contribution in [1.82, 2.24) is 9.80 Å². The number of benzene rings is 6. The van der Waals surface area contributed by atoms with Crippen molar-refractivity contribution in [3.8, 4) is 12.1 Å². The summed E-state index contributed by atoms with van der Waals surface area (Å²) >= 11 is 2.35.